The molecule has 1 aliphatic heterocycles. The van der Waals surface area contributed by atoms with Gasteiger partial charge in [-0.3, -0.25) is 19.2 Å². The summed E-state index contributed by atoms with van der Waals surface area (Å²) >= 11 is 0. The third-order valence-corrected chi connectivity index (χ3v) is 8.54. The minimum absolute atomic E-state index is 0.0333. The molecule has 1 saturated carbocycles. The maximum atomic E-state index is 13.0. The highest BCUT2D eigenvalue weighted by Crippen LogP contribution is 2.25. The summed E-state index contributed by atoms with van der Waals surface area (Å²) < 4.78 is 0. The molecule has 0 bridgehead atoms. The van der Waals surface area contributed by atoms with E-state index in [9.17, 15) is 19.2 Å². The van der Waals surface area contributed by atoms with E-state index < -0.39 is 0 Å². The van der Waals surface area contributed by atoms with Crippen LogP contribution in [-0.4, -0.2) is 59.6 Å². The van der Waals surface area contributed by atoms with Crippen molar-refractivity contribution in [3.05, 3.63) is 95.6 Å². The van der Waals surface area contributed by atoms with E-state index >= 15 is 0 Å². The lowest BCUT2D eigenvalue weighted by molar-refractivity contribution is -0.134. The second-order valence-corrected chi connectivity index (χ2v) is 11.7. The van der Waals surface area contributed by atoms with Crippen LogP contribution in [0, 0.1) is 5.92 Å². The summed E-state index contributed by atoms with van der Waals surface area (Å²) in [7, 11) is 1.84. The minimum Gasteiger partial charge on any atom is -0.342 e. The number of anilines is 2. The number of amides is 4. The van der Waals surface area contributed by atoms with Gasteiger partial charge in [-0.05, 0) is 80.0 Å². The van der Waals surface area contributed by atoms with Gasteiger partial charge >= 0.3 is 0 Å². The van der Waals surface area contributed by atoms with E-state index in [0.29, 0.717) is 48.9 Å². The molecule has 2 aliphatic rings. The summed E-state index contributed by atoms with van der Waals surface area (Å²) in [6, 6.07) is 24.5. The fraction of sp³-hybridized carbons (Fsp3) is 0.371. The Morgan fingerprint density at radius 3 is 2.30 bits per heavy atom. The van der Waals surface area contributed by atoms with Gasteiger partial charge in [0.1, 0.15) is 0 Å². The monoisotopic (exact) mass is 580 g/mol. The molecule has 1 heterocycles. The molecule has 5 rings (SSSR count). The number of likely N-dealkylation sites (tertiary alicyclic amines) is 1. The van der Waals surface area contributed by atoms with Gasteiger partial charge in [0.15, 0.2) is 0 Å². The Bertz CT molecular complexity index is 1440. The van der Waals surface area contributed by atoms with Crippen LogP contribution in [0.25, 0.3) is 0 Å². The molecule has 0 radical (unpaired) electrons. The van der Waals surface area contributed by atoms with Gasteiger partial charge < -0.3 is 20.4 Å². The molecule has 43 heavy (non-hydrogen) atoms. The molecule has 1 unspecified atom stereocenters. The fourth-order valence-electron chi connectivity index (χ4n) is 5.69. The Labute approximate surface area is 253 Å². The highest BCUT2D eigenvalue weighted by Gasteiger charge is 2.29. The quantitative estimate of drug-likeness (QED) is 0.340. The zero-order valence-electron chi connectivity index (χ0n) is 24.8. The Balaban J connectivity index is 1.08. The van der Waals surface area contributed by atoms with Crippen LogP contribution >= 0.6 is 0 Å². The van der Waals surface area contributed by atoms with E-state index in [2.05, 4.69) is 10.6 Å². The van der Waals surface area contributed by atoms with Crippen LogP contribution in [0.2, 0.25) is 0 Å². The molecular weight excluding hydrogens is 540 g/mol. The lowest BCUT2D eigenvalue weighted by Crippen LogP contribution is -2.43. The van der Waals surface area contributed by atoms with Gasteiger partial charge in [0.25, 0.3) is 5.91 Å². The highest BCUT2D eigenvalue weighted by molar-refractivity contribution is 5.98. The standard InChI is InChI=1S/C35H40N4O4/c1-38(31-13-6-14-31)35(43)27-10-5-12-30(23-27)36-32(40)22-26-15-18-29(19-16-26)37-34(42)28-11-7-21-39(24-28)33(41)20-17-25-8-3-2-4-9-25/h2-5,8-10,12,15-16,18-19,23,28,31H,6-7,11,13-14,17,20-22,24H2,1H3,(H,36,40)(H,37,42). The molecular formula is C35H40N4O4. The van der Waals surface area contributed by atoms with Crippen molar-refractivity contribution in [2.24, 2.45) is 5.92 Å². The number of aryl methyl sites for hydroxylation is 1. The Morgan fingerprint density at radius 1 is 0.814 bits per heavy atom. The predicted octanol–water partition coefficient (Wildman–Crippen LogP) is 5.30. The first-order valence-electron chi connectivity index (χ1n) is 15.2. The van der Waals surface area contributed by atoms with Gasteiger partial charge in [0, 0.05) is 49.5 Å². The van der Waals surface area contributed by atoms with Crippen molar-refractivity contribution in [1.82, 2.24) is 9.80 Å². The number of nitrogens with zero attached hydrogens (tertiary/aromatic N) is 2. The number of piperidine rings is 1. The Kier molecular flexibility index (Phi) is 9.87. The van der Waals surface area contributed by atoms with E-state index in [1.165, 1.54) is 0 Å². The van der Waals surface area contributed by atoms with Crippen molar-refractivity contribution in [2.45, 2.75) is 57.4 Å². The summed E-state index contributed by atoms with van der Waals surface area (Å²) in [6.07, 6.45) is 6.08. The molecule has 1 atom stereocenters. The van der Waals surface area contributed by atoms with Crippen molar-refractivity contribution in [1.29, 1.82) is 0 Å². The SMILES string of the molecule is CN(C(=O)c1cccc(NC(=O)Cc2ccc(NC(=O)C3CCCN(C(=O)CCc4ccccc4)C3)cc2)c1)C1CCC1. The van der Waals surface area contributed by atoms with Gasteiger partial charge in [-0.1, -0.05) is 48.5 Å². The maximum absolute atomic E-state index is 13.0. The van der Waals surface area contributed by atoms with Gasteiger partial charge in [0.2, 0.25) is 17.7 Å². The van der Waals surface area contributed by atoms with E-state index in [1.807, 2.05) is 54.4 Å². The first-order chi connectivity index (χ1) is 20.9. The Morgan fingerprint density at radius 2 is 1.58 bits per heavy atom. The average molecular weight is 581 g/mol. The van der Waals surface area contributed by atoms with Crippen LogP contribution in [0.1, 0.15) is 60.0 Å². The average Bonchev–Trinajstić information content (AvgIpc) is 3.00. The normalized spacial score (nSPS) is 16.6. The summed E-state index contributed by atoms with van der Waals surface area (Å²) in [5, 5.41) is 5.87. The van der Waals surface area contributed by atoms with E-state index in [0.717, 1.165) is 43.2 Å². The molecule has 8 nitrogen and oxygen atoms in total. The topological polar surface area (TPSA) is 98.8 Å². The van der Waals surface area contributed by atoms with Crippen molar-refractivity contribution in [2.75, 3.05) is 30.8 Å². The van der Waals surface area contributed by atoms with Crippen molar-refractivity contribution in [3.8, 4) is 0 Å². The Hall–Kier alpha value is -4.46. The number of benzene rings is 3. The van der Waals surface area contributed by atoms with Gasteiger partial charge in [-0.25, -0.2) is 0 Å². The molecule has 4 amide bonds. The van der Waals surface area contributed by atoms with Crippen molar-refractivity contribution in [3.63, 3.8) is 0 Å². The summed E-state index contributed by atoms with van der Waals surface area (Å²) in [5.41, 5.74) is 3.74. The van der Waals surface area contributed by atoms with Crippen LogP contribution in [-0.2, 0) is 27.2 Å². The first-order valence-corrected chi connectivity index (χ1v) is 15.2. The van der Waals surface area contributed by atoms with E-state index in [1.54, 1.807) is 41.3 Å². The van der Waals surface area contributed by atoms with Crippen molar-refractivity contribution < 1.29 is 19.2 Å². The molecule has 3 aromatic rings. The third kappa shape index (κ3) is 8.09. The largest absolute Gasteiger partial charge is 0.342 e. The third-order valence-electron chi connectivity index (χ3n) is 8.54. The zero-order chi connectivity index (χ0) is 30.2. The molecule has 2 N–H and O–H groups in total. The second-order valence-electron chi connectivity index (χ2n) is 11.7. The molecule has 2 fully saturated rings. The second kappa shape index (κ2) is 14.1. The number of carbonyl (C=O) groups is 4. The number of hydrogen-bond acceptors (Lipinski definition) is 4. The maximum Gasteiger partial charge on any atom is 0.253 e. The van der Waals surface area contributed by atoms with Crippen LogP contribution in [0.4, 0.5) is 11.4 Å². The van der Waals surface area contributed by atoms with Crippen LogP contribution < -0.4 is 10.6 Å². The highest BCUT2D eigenvalue weighted by atomic mass is 16.2. The van der Waals surface area contributed by atoms with Crippen LogP contribution in [0.5, 0.6) is 0 Å². The van der Waals surface area contributed by atoms with Gasteiger partial charge in [0.05, 0.1) is 12.3 Å². The lowest BCUT2D eigenvalue weighted by Gasteiger charge is -2.34. The molecule has 1 saturated heterocycles. The number of rotatable bonds is 10. The number of carbonyl (C=O) groups excluding carboxylic acids is 4. The predicted molar refractivity (Wildman–Crippen MR) is 168 cm³/mol. The number of hydrogen-bond donors (Lipinski definition) is 2. The molecule has 1 aliphatic carbocycles. The molecule has 3 aromatic carbocycles. The van der Waals surface area contributed by atoms with E-state index in [4.69, 9.17) is 0 Å². The summed E-state index contributed by atoms with van der Waals surface area (Å²) in [5.74, 6) is -0.482. The van der Waals surface area contributed by atoms with Crippen molar-refractivity contribution >= 4 is 35.0 Å². The fourth-order valence-corrected chi connectivity index (χ4v) is 5.69. The smallest absolute Gasteiger partial charge is 0.253 e. The molecule has 8 heteroatoms. The zero-order valence-corrected chi connectivity index (χ0v) is 24.8. The summed E-state index contributed by atoms with van der Waals surface area (Å²) in [6.45, 7) is 1.12. The summed E-state index contributed by atoms with van der Waals surface area (Å²) in [4.78, 5) is 55.0. The van der Waals surface area contributed by atoms with Crippen LogP contribution in [0.3, 0.4) is 0 Å². The lowest BCUT2D eigenvalue weighted by atomic mass is 9.91. The minimum atomic E-state index is -0.254. The van der Waals surface area contributed by atoms with Gasteiger partial charge in [-0.2, -0.15) is 0 Å². The molecule has 224 valence electrons. The van der Waals surface area contributed by atoms with Crippen LogP contribution in [0.15, 0.2) is 78.9 Å². The van der Waals surface area contributed by atoms with Gasteiger partial charge in [-0.15, -0.1) is 0 Å². The van der Waals surface area contributed by atoms with E-state index in [-0.39, 0.29) is 36.0 Å². The number of nitrogens with one attached hydrogen (secondary N) is 2. The molecule has 0 spiro atoms. The molecule has 0 aromatic heterocycles. The first kappa shape index (κ1) is 30.0.